The van der Waals surface area contributed by atoms with Gasteiger partial charge >= 0.3 is 0 Å². The van der Waals surface area contributed by atoms with Crippen molar-refractivity contribution >= 4 is 44.7 Å². The van der Waals surface area contributed by atoms with Gasteiger partial charge in [-0.2, -0.15) is 0 Å². The number of benzene rings is 1. The highest BCUT2D eigenvalue weighted by atomic mass is 32.1. The molecule has 150 valence electrons. The number of thiophene rings is 1. The zero-order valence-electron chi connectivity index (χ0n) is 16.1. The number of rotatable bonds is 3. The Morgan fingerprint density at radius 3 is 2.59 bits per heavy atom. The number of aromatic nitrogens is 1. The minimum Gasteiger partial charge on any atom is -0.338 e. The van der Waals surface area contributed by atoms with Crippen molar-refractivity contribution in [1.29, 1.82) is 0 Å². The molecule has 4 heterocycles. The van der Waals surface area contributed by atoms with E-state index in [1.165, 1.54) is 16.0 Å². The molecule has 1 unspecified atom stereocenters. The molecule has 1 aromatic carbocycles. The first-order valence-corrected chi connectivity index (χ1v) is 11.9. The Hall–Kier alpha value is -2.25. The summed E-state index contributed by atoms with van der Waals surface area (Å²) in [5, 5.41) is 2.99. The minimum atomic E-state index is 0.0114. The molecular formula is C22H23N3O2S2. The third-order valence-electron chi connectivity index (χ3n) is 5.99. The second-order valence-corrected chi connectivity index (χ2v) is 9.76. The van der Waals surface area contributed by atoms with Crippen LogP contribution < -0.4 is 0 Å². The zero-order chi connectivity index (χ0) is 19.8. The van der Waals surface area contributed by atoms with Crippen LogP contribution in [0.1, 0.15) is 46.4 Å². The fourth-order valence-corrected chi connectivity index (χ4v) is 6.25. The van der Waals surface area contributed by atoms with Crippen molar-refractivity contribution in [2.45, 2.75) is 31.7 Å². The molecule has 0 radical (unpaired) electrons. The maximum absolute atomic E-state index is 13.3. The lowest BCUT2D eigenvalue weighted by Gasteiger charge is -2.34. The molecule has 29 heavy (non-hydrogen) atoms. The molecule has 2 aliphatic heterocycles. The van der Waals surface area contributed by atoms with E-state index in [9.17, 15) is 9.59 Å². The smallest absolute Gasteiger partial charge is 0.263 e. The summed E-state index contributed by atoms with van der Waals surface area (Å²) in [5.74, 6) is 0.353. The van der Waals surface area contributed by atoms with Gasteiger partial charge in [-0.15, -0.1) is 22.7 Å². The van der Waals surface area contributed by atoms with Gasteiger partial charge in [-0.05, 0) is 49.3 Å². The normalized spacial score (nSPS) is 20.5. The number of fused-ring (bicyclic) bond motifs is 1. The average Bonchev–Trinajstić information content (AvgIpc) is 3.52. The van der Waals surface area contributed by atoms with Crippen molar-refractivity contribution in [3.63, 3.8) is 0 Å². The molecule has 0 bridgehead atoms. The Bertz CT molecular complexity index is 989. The van der Waals surface area contributed by atoms with E-state index in [2.05, 4.69) is 11.0 Å². The van der Waals surface area contributed by atoms with Gasteiger partial charge in [-0.1, -0.05) is 18.2 Å². The highest BCUT2D eigenvalue weighted by molar-refractivity contribution is 7.18. The topological polar surface area (TPSA) is 53.5 Å². The molecular weight excluding hydrogens is 402 g/mol. The third kappa shape index (κ3) is 3.57. The third-order valence-corrected chi connectivity index (χ3v) is 7.99. The lowest BCUT2D eigenvalue weighted by atomic mass is 9.95. The van der Waals surface area contributed by atoms with Crippen LogP contribution in [0.15, 0.2) is 41.8 Å². The maximum Gasteiger partial charge on any atom is 0.263 e. The molecule has 2 aliphatic rings. The summed E-state index contributed by atoms with van der Waals surface area (Å²) in [6.45, 7) is 2.13. The van der Waals surface area contributed by atoms with Gasteiger partial charge in [0.05, 0.1) is 21.1 Å². The van der Waals surface area contributed by atoms with E-state index in [-0.39, 0.29) is 23.8 Å². The van der Waals surface area contributed by atoms with E-state index in [1.807, 2.05) is 40.6 Å². The van der Waals surface area contributed by atoms with Crippen molar-refractivity contribution < 1.29 is 9.59 Å². The molecule has 5 rings (SSSR count). The molecule has 0 saturated carbocycles. The summed E-state index contributed by atoms with van der Waals surface area (Å²) < 4.78 is 1.18. The van der Waals surface area contributed by atoms with Crippen molar-refractivity contribution in [1.82, 2.24) is 14.8 Å². The number of nitrogens with zero attached hydrogens (tertiary/aromatic N) is 3. The number of para-hydroxylation sites is 1. The van der Waals surface area contributed by atoms with E-state index in [4.69, 9.17) is 4.98 Å². The fraction of sp³-hybridized carbons (Fsp3) is 0.409. The number of piperidine rings is 1. The van der Waals surface area contributed by atoms with Gasteiger partial charge in [0.1, 0.15) is 5.01 Å². The lowest BCUT2D eigenvalue weighted by molar-refractivity contribution is -0.137. The first-order valence-electron chi connectivity index (χ1n) is 10.2. The molecule has 2 fully saturated rings. The standard InChI is InChI=1S/C22H23N3O2S2/c26-21(15-9-12-24(13-10-15)22(27)19-8-4-14-28-19)25-11-3-6-17(25)20-23-16-5-1-2-7-18(16)29-20/h1-2,4-5,7-8,14-15,17H,3,6,9-13H2. The largest absolute Gasteiger partial charge is 0.338 e. The number of thiazole rings is 1. The van der Waals surface area contributed by atoms with Crippen molar-refractivity contribution in [2.75, 3.05) is 19.6 Å². The number of carbonyl (C=O) groups is 2. The lowest BCUT2D eigenvalue weighted by Crippen LogP contribution is -2.44. The Kier molecular flexibility index (Phi) is 5.09. The Morgan fingerprint density at radius 2 is 1.83 bits per heavy atom. The van der Waals surface area contributed by atoms with Crippen LogP contribution in [0.4, 0.5) is 0 Å². The van der Waals surface area contributed by atoms with E-state index >= 15 is 0 Å². The summed E-state index contributed by atoms with van der Waals surface area (Å²) in [6, 6.07) is 12.1. The quantitative estimate of drug-likeness (QED) is 0.617. The van der Waals surface area contributed by atoms with Gasteiger partial charge in [-0.25, -0.2) is 4.98 Å². The van der Waals surface area contributed by atoms with E-state index in [0.29, 0.717) is 13.1 Å². The van der Waals surface area contributed by atoms with Crippen molar-refractivity contribution in [2.24, 2.45) is 5.92 Å². The minimum absolute atomic E-state index is 0.0114. The van der Waals surface area contributed by atoms with E-state index < -0.39 is 0 Å². The van der Waals surface area contributed by atoms with Gasteiger partial charge in [0.25, 0.3) is 5.91 Å². The number of likely N-dealkylation sites (tertiary alicyclic amines) is 2. The van der Waals surface area contributed by atoms with Gasteiger partial charge in [0.2, 0.25) is 5.91 Å². The predicted octanol–water partition coefficient (Wildman–Crippen LogP) is 4.57. The number of hydrogen-bond donors (Lipinski definition) is 0. The molecule has 3 aromatic rings. The number of hydrogen-bond acceptors (Lipinski definition) is 5. The SMILES string of the molecule is O=C(c1cccs1)N1CCC(C(=O)N2CCCC2c2nc3ccccc3s2)CC1. The molecule has 2 saturated heterocycles. The van der Waals surface area contributed by atoms with Crippen molar-refractivity contribution in [3.05, 3.63) is 51.7 Å². The van der Waals surface area contributed by atoms with Crippen LogP contribution in [0.25, 0.3) is 10.2 Å². The van der Waals surface area contributed by atoms with Gasteiger partial charge < -0.3 is 9.80 Å². The first-order chi connectivity index (χ1) is 14.2. The summed E-state index contributed by atoms with van der Waals surface area (Å²) >= 11 is 3.19. The molecule has 2 aromatic heterocycles. The Balaban J connectivity index is 1.26. The summed E-state index contributed by atoms with van der Waals surface area (Å²) in [5.41, 5.74) is 1.02. The fourth-order valence-electron chi connectivity index (χ4n) is 4.44. The van der Waals surface area contributed by atoms with Crippen LogP contribution >= 0.6 is 22.7 Å². The summed E-state index contributed by atoms with van der Waals surface area (Å²) in [4.78, 5) is 35.4. The molecule has 5 nitrogen and oxygen atoms in total. The second kappa shape index (κ2) is 7.88. The monoisotopic (exact) mass is 425 g/mol. The number of carbonyl (C=O) groups excluding carboxylic acids is 2. The molecule has 0 N–H and O–H groups in total. The highest BCUT2D eigenvalue weighted by Crippen LogP contribution is 2.38. The van der Waals surface area contributed by atoms with Crippen LogP contribution in [0.3, 0.4) is 0 Å². The van der Waals surface area contributed by atoms with Crippen LogP contribution in [-0.2, 0) is 4.79 Å². The van der Waals surface area contributed by atoms with E-state index in [0.717, 1.165) is 47.6 Å². The van der Waals surface area contributed by atoms with Gasteiger partial charge in [0, 0.05) is 25.6 Å². The van der Waals surface area contributed by atoms with Crippen LogP contribution in [0.5, 0.6) is 0 Å². The molecule has 0 spiro atoms. The predicted molar refractivity (Wildman–Crippen MR) is 116 cm³/mol. The maximum atomic E-state index is 13.3. The second-order valence-electron chi connectivity index (χ2n) is 7.75. The zero-order valence-corrected chi connectivity index (χ0v) is 17.8. The summed E-state index contributed by atoms with van der Waals surface area (Å²) in [6.07, 6.45) is 3.52. The molecule has 7 heteroatoms. The number of amides is 2. The molecule has 0 aliphatic carbocycles. The Morgan fingerprint density at radius 1 is 1.00 bits per heavy atom. The van der Waals surface area contributed by atoms with Crippen LogP contribution in [0, 0.1) is 5.92 Å². The molecule has 1 atom stereocenters. The Labute approximate surface area is 178 Å². The van der Waals surface area contributed by atoms with Crippen molar-refractivity contribution in [3.8, 4) is 0 Å². The first kappa shape index (κ1) is 18.8. The van der Waals surface area contributed by atoms with Gasteiger partial charge in [-0.3, -0.25) is 9.59 Å². The van der Waals surface area contributed by atoms with E-state index in [1.54, 1.807) is 11.3 Å². The van der Waals surface area contributed by atoms with Crippen LogP contribution in [-0.4, -0.2) is 46.2 Å². The highest BCUT2D eigenvalue weighted by Gasteiger charge is 2.37. The summed E-state index contributed by atoms with van der Waals surface area (Å²) in [7, 11) is 0. The molecule has 2 amide bonds. The average molecular weight is 426 g/mol. The van der Waals surface area contributed by atoms with Gasteiger partial charge in [0.15, 0.2) is 0 Å². The van der Waals surface area contributed by atoms with Crippen LogP contribution in [0.2, 0.25) is 0 Å².